The largest absolute Gasteiger partial charge is 0.368 e. The fourth-order valence-electron chi connectivity index (χ4n) is 3.35. The van der Waals surface area contributed by atoms with Crippen LogP contribution in [0.5, 0.6) is 0 Å². The number of rotatable bonds is 4. The maximum atomic E-state index is 12.8. The first kappa shape index (κ1) is 17.6. The van der Waals surface area contributed by atoms with E-state index < -0.39 is 0 Å². The summed E-state index contributed by atoms with van der Waals surface area (Å²) in [4.78, 5) is 17.0. The summed E-state index contributed by atoms with van der Waals surface area (Å²) in [5.41, 5.74) is 2.81. The molecule has 5 nitrogen and oxygen atoms in total. The second kappa shape index (κ2) is 7.84. The van der Waals surface area contributed by atoms with Gasteiger partial charge in [0.15, 0.2) is 0 Å². The number of carbonyl (C=O) groups excluding carboxylic acids is 1. The second-order valence-electron chi connectivity index (χ2n) is 6.63. The molecule has 1 aromatic heterocycles. The number of halogens is 1. The van der Waals surface area contributed by atoms with Gasteiger partial charge in [-0.2, -0.15) is 5.10 Å². The number of anilines is 1. The quantitative estimate of drug-likeness (QED) is 0.695. The molecule has 0 unspecified atom stereocenters. The Kier molecular flexibility index (Phi) is 5.12. The minimum Gasteiger partial charge on any atom is -0.368 e. The Balaban J connectivity index is 1.38. The minimum absolute atomic E-state index is 0.0353. The van der Waals surface area contributed by atoms with Crippen molar-refractivity contribution in [2.24, 2.45) is 0 Å². The van der Waals surface area contributed by atoms with Crippen LogP contribution in [-0.2, 0) is 6.54 Å². The minimum atomic E-state index is 0.0353. The van der Waals surface area contributed by atoms with Gasteiger partial charge in [-0.15, -0.1) is 0 Å². The van der Waals surface area contributed by atoms with Crippen molar-refractivity contribution in [2.75, 3.05) is 31.1 Å². The van der Waals surface area contributed by atoms with Crippen LogP contribution in [-0.4, -0.2) is 46.8 Å². The molecule has 0 N–H and O–H groups in total. The van der Waals surface area contributed by atoms with Gasteiger partial charge in [0.25, 0.3) is 5.91 Å². The number of carbonyl (C=O) groups is 1. The molecule has 0 aliphatic carbocycles. The first-order valence-corrected chi connectivity index (χ1v) is 9.43. The molecule has 0 radical (unpaired) electrons. The van der Waals surface area contributed by atoms with Gasteiger partial charge in [0.05, 0.1) is 18.3 Å². The van der Waals surface area contributed by atoms with E-state index in [-0.39, 0.29) is 5.91 Å². The zero-order chi connectivity index (χ0) is 18.6. The number of hydrogen-bond donors (Lipinski definition) is 0. The average Bonchev–Trinajstić information content (AvgIpc) is 3.18. The lowest BCUT2D eigenvalue weighted by Gasteiger charge is -2.36. The highest BCUT2D eigenvalue weighted by atomic mass is 35.5. The fourth-order valence-corrected chi connectivity index (χ4v) is 3.55. The number of amides is 1. The Morgan fingerprint density at radius 1 is 0.963 bits per heavy atom. The van der Waals surface area contributed by atoms with E-state index in [0.29, 0.717) is 30.2 Å². The molecule has 4 rings (SSSR count). The monoisotopic (exact) mass is 380 g/mol. The normalized spacial score (nSPS) is 14.4. The van der Waals surface area contributed by atoms with Gasteiger partial charge in [-0.3, -0.25) is 9.48 Å². The van der Waals surface area contributed by atoms with E-state index in [1.165, 1.54) is 5.69 Å². The molecule has 1 aliphatic rings. The van der Waals surface area contributed by atoms with Crippen LogP contribution in [0.1, 0.15) is 15.9 Å². The van der Waals surface area contributed by atoms with E-state index in [2.05, 4.69) is 22.1 Å². The lowest BCUT2D eigenvalue weighted by molar-refractivity contribution is 0.0746. The van der Waals surface area contributed by atoms with Crippen LogP contribution in [0.4, 0.5) is 5.69 Å². The highest BCUT2D eigenvalue weighted by Crippen LogP contribution is 2.18. The van der Waals surface area contributed by atoms with Crippen molar-refractivity contribution in [1.29, 1.82) is 0 Å². The van der Waals surface area contributed by atoms with Gasteiger partial charge in [-0.1, -0.05) is 48.0 Å². The summed E-state index contributed by atoms with van der Waals surface area (Å²) in [6.45, 7) is 3.65. The molecule has 0 spiro atoms. The molecule has 0 atom stereocenters. The Hall–Kier alpha value is -2.79. The zero-order valence-electron chi connectivity index (χ0n) is 15.0. The maximum absolute atomic E-state index is 12.8. The summed E-state index contributed by atoms with van der Waals surface area (Å²) < 4.78 is 1.76. The van der Waals surface area contributed by atoms with Gasteiger partial charge in [-0.25, -0.2) is 0 Å². The molecule has 3 aromatic rings. The summed E-state index contributed by atoms with van der Waals surface area (Å²) in [5, 5.41) is 5.04. The molecule has 0 bridgehead atoms. The van der Waals surface area contributed by atoms with Crippen LogP contribution in [0.15, 0.2) is 67.0 Å². The van der Waals surface area contributed by atoms with E-state index in [0.717, 1.165) is 18.7 Å². The average molecular weight is 381 g/mol. The summed E-state index contributed by atoms with van der Waals surface area (Å²) in [5.74, 6) is 0.0353. The number of benzene rings is 2. The highest BCUT2D eigenvalue weighted by Gasteiger charge is 2.23. The van der Waals surface area contributed by atoms with Crippen molar-refractivity contribution in [1.82, 2.24) is 14.7 Å². The standard InChI is InChI=1S/C21H21ClN4O/c22-20-9-5-4-6-17(20)15-26-16-18(14-23-26)21(27)25-12-10-24(11-13-25)19-7-2-1-3-8-19/h1-9,14,16H,10-13,15H2. The molecular formula is C21H21ClN4O. The van der Waals surface area contributed by atoms with Gasteiger partial charge in [0.2, 0.25) is 0 Å². The third-order valence-electron chi connectivity index (χ3n) is 4.86. The van der Waals surface area contributed by atoms with Gasteiger partial charge >= 0.3 is 0 Å². The molecule has 1 saturated heterocycles. The lowest BCUT2D eigenvalue weighted by Crippen LogP contribution is -2.48. The van der Waals surface area contributed by atoms with Crippen molar-refractivity contribution in [3.05, 3.63) is 83.1 Å². The first-order chi connectivity index (χ1) is 13.2. The van der Waals surface area contributed by atoms with Gasteiger partial charge in [0.1, 0.15) is 0 Å². The molecule has 0 saturated carbocycles. The van der Waals surface area contributed by atoms with Crippen LogP contribution in [0, 0.1) is 0 Å². The highest BCUT2D eigenvalue weighted by molar-refractivity contribution is 6.31. The Bertz CT molecular complexity index is 917. The van der Waals surface area contributed by atoms with Crippen LogP contribution in [0.2, 0.25) is 5.02 Å². The molecule has 1 amide bonds. The van der Waals surface area contributed by atoms with Crippen LogP contribution in [0.25, 0.3) is 0 Å². The Morgan fingerprint density at radius 3 is 2.41 bits per heavy atom. The smallest absolute Gasteiger partial charge is 0.257 e. The van der Waals surface area contributed by atoms with Crippen molar-refractivity contribution in [2.45, 2.75) is 6.54 Å². The molecule has 27 heavy (non-hydrogen) atoms. The Labute approximate surface area is 163 Å². The van der Waals surface area contributed by atoms with E-state index in [4.69, 9.17) is 11.6 Å². The van der Waals surface area contributed by atoms with E-state index >= 15 is 0 Å². The number of nitrogens with zero attached hydrogens (tertiary/aromatic N) is 4. The van der Waals surface area contributed by atoms with E-state index in [9.17, 15) is 4.79 Å². The maximum Gasteiger partial charge on any atom is 0.257 e. The predicted molar refractivity (Wildman–Crippen MR) is 107 cm³/mol. The zero-order valence-corrected chi connectivity index (χ0v) is 15.7. The molecule has 2 aromatic carbocycles. The lowest BCUT2D eigenvalue weighted by atomic mass is 10.2. The third kappa shape index (κ3) is 3.98. The topological polar surface area (TPSA) is 41.4 Å². The molecule has 1 aliphatic heterocycles. The van der Waals surface area contributed by atoms with Gasteiger partial charge < -0.3 is 9.80 Å². The van der Waals surface area contributed by atoms with Crippen LogP contribution >= 0.6 is 11.6 Å². The molecule has 2 heterocycles. The summed E-state index contributed by atoms with van der Waals surface area (Å²) >= 11 is 6.21. The van der Waals surface area contributed by atoms with Gasteiger partial charge in [0, 0.05) is 43.1 Å². The summed E-state index contributed by atoms with van der Waals surface area (Å²) in [6.07, 6.45) is 3.44. The van der Waals surface area contributed by atoms with Crippen LogP contribution in [0.3, 0.4) is 0 Å². The molecule has 6 heteroatoms. The second-order valence-corrected chi connectivity index (χ2v) is 7.04. The number of aromatic nitrogens is 2. The SMILES string of the molecule is O=C(c1cnn(Cc2ccccc2Cl)c1)N1CCN(c2ccccc2)CC1. The van der Waals surface area contributed by atoms with Gasteiger partial charge in [-0.05, 0) is 23.8 Å². The predicted octanol–water partition coefficient (Wildman–Crippen LogP) is 3.55. The molecule has 138 valence electrons. The molecular weight excluding hydrogens is 360 g/mol. The number of piperazine rings is 1. The fraction of sp³-hybridized carbons (Fsp3) is 0.238. The Morgan fingerprint density at radius 2 is 1.67 bits per heavy atom. The van der Waals surface area contributed by atoms with E-state index in [1.54, 1.807) is 17.1 Å². The summed E-state index contributed by atoms with van der Waals surface area (Å²) in [6, 6.07) is 18.0. The first-order valence-electron chi connectivity index (χ1n) is 9.06. The third-order valence-corrected chi connectivity index (χ3v) is 5.23. The van der Waals surface area contributed by atoms with Crippen molar-refractivity contribution < 1.29 is 4.79 Å². The van der Waals surface area contributed by atoms with Crippen LogP contribution < -0.4 is 4.90 Å². The van der Waals surface area contributed by atoms with Crippen molar-refractivity contribution in [3.63, 3.8) is 0 Å². The number of para-hydroxylation sites is 1. The number of hydrogen-bond acceptors (Lipinski definition) is 3. The molecule has 1 fully saturated rings. The van der Waals surface area contributed by atoms with Crippen molar-refractivity contribution >= 4 is 23.2 Å². The van der Waals surface area contributed by atoms with E-state index in [1.807, 2.05) is 47.4 Å². The van der Waals surface area contributed by atoms with Crippen molar-refractivity contribution in [3.8, 4) is 0 Å². The summed E-state index contributed by atoms with van der Waals surface area (Å²) in [7, 11) is 0.